The van der Waals surface area contributed by atoms with Crippen LogP contribution in [0.1, 0.15) is 18.4 Å². The lowest BCUT2D eigenvalue weighted by Gasteiger charge is -2.16. The summed E-state index contributed by atoms with van der Waals surface area (Å²) in [5, 5.41) is 2.60. The molecule has 3 aliphatic rings. The van der Waals surface area contributed by atoms with Crippen LogP contribution in [-0.2, 0) is 0 Å². The molecule has 33 heavy (non-hydrogen) atoms. The molecule has 1 saturated carbocycles. The Bertz CT molecular complexity index is 1500. The summed E-state index contributed by atoms with van der Waals surface area (Å²) in [6.07, 6.45) is 16.6. The van der Waals surface area contributed by atoms with E-state index in [9.17, 15) is 0 Å². The van der Waals surface area contributed by atoms with Gasteiger partial charge in [0.1, 0.15) is 0 Å². The van der Waals surface area contributed by atoms with E-state index in [4.69, 9.17) is 0 Å². The van der Waals surface area contributed by atoms with E-state index in [1.165, 1.54) is 56.2 Å². The second kappa shape index (κ2) is 7.35. The Morgan fingerprint density at radius 1 is 0.697 bits per heavy atom. The van der Waals surface area contributed by atoms with Gasteiger partial charge in [0.05, 0.1) is 16.7 Å². The largest absolute Gasteiger partial charge is 0.309 e. The van der Waals surface area contributed by atoms with Gasteiger partial charge in [-0.15, -0.1) is 0 Å². The van der Waals surface area contributed by atoms with E-state index in [2.05, 4.69) is 120 Å². The van der Waals surface area contributed by atoms with Crippen LogP contribution in [0, 0.1) is 11.8 Å². The van der Waals surface area contributed by atoms with E-state index in [1.54, 1.807) is 0 Å². The van der Waals surface area contributed by atoms with Crippen LogP contribution in [0.2, 0.25) is 0 Å². The standard InChI is InChI=1S/C32H25N/c1-2-8-23(9-3-1)27-18-16-22(24-14-15-25-21-26(25)20-24)17-19-32(27)33-30-12-6-4-10-28(30)29-11-5-7-13-31(29)33/h1-15,17-20,25-26H,16,21H2. The number of para-hydroxylation sites is 2. The van der Waals surface area contributed by atoms with Crippen molar-refractivity contribution in [2.75, 3.05) is 0 Å². The van der Waals surface area contributed by atoms with Gasteiger partial charge in [-0.2, -0.15) is 0 Å². The number of fused-ring (bicyclic) bond motifs is 4. The average molecular weight is 424 g/mol. The molecular formula is C32H25N. The number of hydrogen-bond acceptors (Lipinski definition) is 0. The summed E-state index contributed by atoms with van der Waals surface area (Å²) in [6.45, 7) is 0. The summed E-state index contributed by atoms with van der Waals surface area (Å²) < 4.78 is 2.45. The molecule has 0 radical (unpaired) electrons. The molecule has 2 atom stereocenters. The van der Waals surface area contributed by atoms with Crippen molar-refractivity contribution in [3.63, 3.8) is 0 Å². The molecular weight excluding hydrogens is 398 g/mol. The van der Waals surface area contributed by atoms with Crippen LogP contribution < -0.4 is 0 Å². The first-order chi connectivity index (χ1) is 16.4. The normalized spacial score (nSPS) is 21.7. The van der Waals surface area contributed by atoms with E-state index >= 15 is 0 Å². The molecule has 1 fully saturated rings. The van der Waals surface area contributed by atoms with Crippen molar-refractivity contribution in [3.05, 3.63) is 132 Å². The van der Waals surface area contributed by atoms with Gasteiger partial charge in [0.25, 0.3) is 0 Å². The highest BCUT2D eigenvalue weighted by Gasteiger charge is 2.35. The highest BCUT2D eigenvalue weighted by molar-refractivity contribution is 6.14. The minimum Gasteiger partial charge on any atom is -0.309 e. The molecule has 158 valence electrons. The zero-order chi connectivity index (χ0) is 21.8. The molecule has 3 aromatic carbocycles. The molecule has 1 heterocycles. The number of benzene rings is 3. The zero-order valence-corrected chi connectivity index (χ0v) is 18.5. The summed E-state index contributed by atoms with van der Waals surface area (Å²) in [5.74, 6) is 1.55. The maximum Gasteiger partial charge on any atom is 0.0541 e. The lowest BCUT2D eigenvalue weighted by atomic mass is 9.96. The van der Waals surface area contributed by atoms with E-state index in [-0.39, 0.29) is 0 Å². The third kappa shape index (κ3) is 3.08. The number of nitrogens with zero attached hydrogens (tertiary/aromatic N) is 1. The third-order valence-electron chi connectivity index (χ3n) is 7.33. The topological polar surface area (TPSA) is 4.93 Å². The fourth-order valence-electron chi connectivity index (χ4n) is 5.50. The smallest absolute Gasteiger partial charge is 0.0541 e. The molecule has 4 aromatic rings. The second-order valence-corrected chi connectivity index (χ2v) is 9.35. The third-order valence-corrected chi connectivity index (χ3v) is 7.33. The average Bonchev–Trinajstić information content (AvgIpc) is 3.62. The van der Waals surface area contributed by atoms with Crippen molar-refractivity contribution in [3.8, 4) is 0 Å². The number of aromatic nitrogens is 1. The summed E-state index contributed by atoms with van der Waals surface area (Å²) in [5.41, 5.74) is 9.09. The minimum absolute atomic E-state index is 0.757. The van der Waals surface area contributed by atoms with Crippen LogP contribution in [0.4, 0.5) is 0 Å². The van der Waals surface area contributed by atoms with E-state index in [1.807, 2.05) is 0 Å². The van der Waals surface area contributed by atoms with Crippen molar-refractivity contribution in [2.24, 2.45) is 11.8 Å². The molecule has 1 heteroatoms. The van der Waals surface area contributed by atoms with Gasteiger partial charge >= 0.3 is 0 Å². The van der Waals surface area contributed by atoms with Gasteiger partial charge in [0.15, 0.2) is 0 Å². The van der Waals surface area contributed by atoms with Crippen LogP contribution in [-0.4, -0.2) is 4.57 Å². The van der Waals surface area contributed by atoms with Gasteiger partial charge in [-0.25, -0.2) is 0 Å². The molecule has 2 unspecified atom stereocenters. The van der Waals surface area contributed by atoms with Crippen LogP contribution in [0.25, 0.3) is 33.1 Å². The van der Waals surface area contributed by atoms with Gasteiger partial charge in [-0.1, -0.05) is 97.1 Å². The molecule has 0 saturated heterocycles. The number of allylic oxidation sites excluding steroid dienone is 10. The predicted octanol–water partition coefficient (Wildman–Crippen LogP) is 8.18. The van der Waals surface area contributed by atoms with Gasteiger partial charge in [0.2, 0.25) is 0 Å². The monoisotopic (exact) mass is 423 g/mol. The fraction of sp³-hybridized carbons (Fsp3) is 0.125. The molecule has 7 rings (SSSR count). The summed E-state index contributed by atoms with van der Waals surface area (Å²) in [4.78, 5) is 0. The van der Waals surface area contributed by atoms with Crippen LogP contribution in [0.3, 0.4) is 0 Å². The zero-order valence-electron chi connectivity index (χ0n) is 18.5. The minimum atomic E-state index is 0.757. The second-order valence-electron chi connectivity index (χ2n) is 9.35. The Balaban J connectivity index is 1.47. The Morgan fingerprint density at radius 3 is 2.12 bits per heavy atom. The lowest BCUT2D eigenvalue weighted by Crippen LogP contribution is -2.00. The van der Waals surface area contributed by atoms with Gasteiger partial charge in [-0.05, 0) is 59.6 Å². The van der Waals surface area contributed by atoms with Crippen molar-refractivity contribution in [1.82, 2.24) is 4.57 Å². The Morgan fingerprint density at radius 2 is 1.39 bits per heavy atom. The van der Waals surface area contributed by atoms with Gasteiger partial charge in [-0.3, -0.25) is 0 Å². The molecule has 0 spiro atoms. The summed E-state index contributed by atoms with van der Waals surface area (Å²) >= 11 is 0. The SMILES string of the molecule is C1=CC2CC2C=C1C1=CC=C(n2c3ccccc3c3ccccc32)C(c2ccccc2)=CC1. The van der Waals surface area contributed by atoms with E-state index in [0.29, 0.717) is 0 Å². The van der Waals surface area contributed by atoms with Crippen molar-refractivity contribution >= 4 is 33.1 Å². The van der Waals surface area contributed by atoms with E-state index in [0.717, 1.165) is 18.3 Å². The first-order valence-electron chi connectivity index (χ1n) is 11.9. The maximum absolute atomic E-state index is 2.49. The molecule has 1 aromatic heterocycles. The van der Waals surface area contributed by atoms with Crippen LogP contribution in [0.15, 0.2) is 126 Å². The quantitative estimate of drug-likeness (QED) is 0.313. The maximum atomic E-state index is 2.49. The Hall–Kier alpha value is -3.84. The molecule has 0 bridgehead atoms. The fourth-order valence-corrected chi connectivity index (χ4v) is 5.50. The van der Waals surface area contributed by atoms with Crippen molar-refractivity contribution in [1.29, 1.82) is 0 Å². The van der Waals surface area contributed by atoms with Gasteiger partial charge in [0, 0.05) is 16.3 Å². The molecule has 1 nitrogen and oxygen atoms in total. The molecule has 0 aliphatic heterocycles. The number of rotatable bonds is 3. The first-order valence-corrected chi connectivity index (χ1v) is 11.9. The highest BCUT2D eigenvalue weighted by atomic mass is 15.0. The lowest BCUT2D eigenvalue weighted by molar-refractivity contribution is 0.962. The summed E-state index contributed by atoms with van der Waals surface area (Å²) in [7, 11) is 0. The highest BCUT2D eigenvalue weighted by Crippen LogP contribution is 2.46. The van der Waals surface area contributed by atoms with Crippen molar-refractivity contribution < 1.29 is 0 Å². The molecule has 3 aliphatic carbocycles. The van der Waals surface area contributed by atoms with Crippen molar-refractivity contribution in [2.45, 2.75) is 12.8 Å². The first kappa shape index (κ1) is 18.7. The molecule has 0 N–H and O–H groups in total. The van der Waals surface area contributed by atoms with Gasteiger partial charge < -0.3 is 4.57 Å². The van der Waals surface area contributed by atoms with E-state index < -0.39 is 0 Å². The number of hydrogen-bond donors (Lipinski definition) is 0. The molecule has 0 amide bonds. The Labute approximate surface area is 194 Å². The Kier molecular flexibility index (Phi) is 4.17. The van der Waals surface area contributed by atoms with Crippen LogP contribution in [0.5, 0.6) is 0 Å². The predicted molar refractivity (Wildman–Crippen MR) is 140 cm³/mol. The summed E-state index contributed by atoms with van der Waals surface area (Å²) in [6, 6.07) is 28.4. The van der Waals surface area contributed by atoms with Crippen LogP contribution >= 0.6 is 0 Å².